The van der Waals surface area contributed by atoms with Crippen LogP contribution in [0.5, 0.6) is 5.75 Å². The van der Waals surface area contributed by atoms with Crippen LogP contribution in [0, 0.1) is 0 Å². The molecule has 0 spiro atoms. The Kier molecular flexibility index (Phi) is 5.85. The number of carbonyl (C=O) groups is 2. The summed E-state index contributed by atoms with van der Waals surface area (Å²) in [6, 6.07) is 5.85. The highest BCUT2D eigenvalue weighted by atomic mass is 16.5. The lowest BCUT2D eigenvalue weighted by Gasteiger charge is -2.12. The second-order valence-electron chi connectivity index (χ2n) is 4.15. The van der Waals surface area contributed by atoms with Gasteiger partial charge in [0.15, 0.2) is 0 Å². The van der Waals surface area contributed by atoms with Crippen LogP contribution in [0.4, 0.5) is 0 Å². The number of rotatable bonds is 7. The molecule has 0 fully saturated rings. The molecule has 1 amide bonds. The van der Waals surface area contributed by atoms with Crippen molar-refractivity contribution >= 4 is 11.9 Å². The molecule has 2 N–H and O–H groups in total. The molecule has 5 heteroatoms. The lowest BCUT2D eigenvalue weighted by Crippen LogP contribution is -2.40. The Morgan fingerprint density at radius 2 is 2.11 bits per heavy atom. The molecule has 1 aromatic rings. The number of hydrogen-bond donors (Lipinski definition) is 2. The molecule has 0 aliphatic rings. The fourth-order valence-electron chi connectivity index (χ4n) is 1.53. The summed E-state index contributed by atoms with van der Waals surface area (Å²) in [5, 5.41) is 11.4. The highest BCUT2D eigenvalue weighted by Crippen LogP contribution is 2.13. The van der Waals surface area contributed by atoms with Crippen LogP contribution in [0.25, 0.3) is 0 Å². The zero-order chi connectivity index (χ0) is 14.3. The predicted octanol–water partition coefficient (Wildman–Crippen LogP) is 2.07. The van der Waals surface area contributed by atoms with Crippen LogP contribution >= 0.6 is 0 Å². The van der Waals surface area contributed by atoms with E-state index in [1.54, 1.807) is 31.2 Å². The molecule has 0 aliphatic carbocycles. The van der Waals surface area contributed by atoms with Gasteiger partial charge in [0.1, 0.15) is 11.8 Å². The van der Waals surface area contributed by atoms with Crippen molar-refractivity contribution in [2.24, 2.45) is 0 Å². The molecule has 0 heterocycles. The van der Waals surface area contributed by atoms with E-state index in [1.165, 1.54) is 0 Å². The van der Waals surface area contributed by atoms with E-state index in [-0.39, 0.29) is 0 Å². The summed E-state index contributed by atoms with van der Waals surface area (Å²) in [6.07, 6.45) is 1.22. The average Bonchev–Trinajstić information content (AvgIpc) is 2.42. The molecule has 104 valence electrons. The first-order valence-corrected chi connectivity index (χ1v) is 6.35. The van der Waals surface area contributed by atoms with E-state index < -0.39 is 17.9 Å². The van der Waals surface area contributed by atoms with Crippen LogP contribution in [0.2, 0.25) is 0 Å². The van der Waals surface area contributed by atoms with Gasteiger partial charge in [0.25, 0.3) is 5.91 Å². The summed E-state index contributed by atoms with van der Waals surface area (Å²) in [4.78, 5) is 22.8. The van der Waals surface area contributed by atoms with E-state index in [2.05, 4.69) is 5.32 Å². The molecule has 0 unspecified atom stereocenters. The molecule has 1 aromatic carbocycles. The maximum Gasteiger partial charge on any atom is 0.326 e. The summed E-state index contributed by atoms with van der Waals surface area (Å²) in [6.45, 7) is 4.28. The third-order valence-electron chi connectivity index (χ3n) is 2.58. The first-order valence-electron chi connectivity index (χ1n) is 6.35. The van der Waals surface area contributed by atoms with Crippen molar-refractivity contribution in [1.29, 1.82) is 0 Å². The van der Waals surface area contributed by atoms with E-state index in [0.717, 1.165) is 6.42 Å². The Hall–Kier alpha value is -2.04. The maximum absolute atomic E-state index is 11.9. The van der Waals surface area contributed by atoms with E-state index in [4.69, 9.17) is 9.84 Å². The second kappa shape index (κ2) is 7.41. The number of aliphatic carboxylic acids is 1. The zero-order valence-corrected chi connectivity index (χ0v) is 11.2. The highest BCUT2D eigenvalue weighted by Gasteiger charge is 2.18. The van der Waals surface area contributed by atoms with Gasteiger partial charge in [-0.05, 0) is 31.0 Å². The van der Waals surface area contributed by atoms with E-state index in [1.807, 2.05) is 6.92 Å². The smallest absolute Gasteiger partial charge is 0.326 e. The predicted molar refractivity (Wildman–Crippen MR) is 71.4 cm³/mol. The number of carbonyl (C=O) groups excluding carboxylic acids is 1. The monoisotopic (exact) mass is 265 g/mol. The Labute approximate surface area is 112 Å². The first-order chi connectivity index (χ1) is 9.08. The van der Waals surface area contributed by atoms with Crippen molar-refractivity contribution in [2.75, 3.05) is 6.61 Å². The summed E-state index contributed by atoms with van der Waals surface area (Å²) in [5.74, 6) is -0.830. The molecular formula is C14H19NO4. The Balaban J connectivity index is 2.73. The molecule has 0 saturated carbocycles. The Morgan fingerprint density at radius 1 is 1.37 bits per heavy atom. The van der Waals surface area contributed by atoms with E-state index >= 15 is 0 Å². The van der Waals surface area contributed by atoms with Gasteiger partial charge in [-0.2, -0.15) is 0 Å². The number of benzene rings is 1. The Morgan fingerprint density at radius 3 is 2.68 bits per heavy atom. The summed E-state index contributed by atoms with van der Waals surface area (Å²) < 4.78 is 5.43. The standard InChI is InChI=1S/C14H19NO4/c1-3-8-19-11-7-5-6-10(9-11)13(16)15-12(4-2)14(17)18/h5-7,9,12H,3-4,8H2,1-2H3,(H,15,16)(H,17,18)/t12-/m1/s1. The number of ether oxygens (including phenoxy) is 1. The quantitative estimate of drug-likeness (QED) is 0.791. The number of nitrogens with one attached hydrogen (secondary N) is 1. The summed E-state index contributed by atoms with van der Waals surface area (Å²) in [7, 11) is 0. The fourth-order valence-corrected chi connectivity index (χ4v) is 1.53. The number of carboxylic acids is 1. The third kappa shape index (κ3) is 4.62. The molecule has 0 bridgehead atoms. The highest BCUT2D eigenvalue weighted by molar-refractivity contribution is 5.96. The SMILES string of the molecule is CCCOc1cccc(C(=O)N[C@H](CC)C(=O)O)c1. The first kappa shape index (κ1) is 15.0. The number of hydrogen-bond acceptors (Lipinski definition) is 3. The second-order valence-corrected chi connectivity index (χ2v) is 4.15. The Bertz CT molecular complexity index is 445. The average molecular weight is 265 g/mol. The molecule has 0 aliphatic heterocycles. The summed E-state index contributed by atoms with van der Waals surface area (Å²) >= 11 is 0. The van der Waals surface area contributed by atoms with Crippen LogP contribution in [0.3, 0.4) is 0 Å². The van der Waals surface area contributed by atoms with Crippen LogP contribution in [-0.2, 0) is 4.79 Å². The van der Waals surface area contributed by atoms with Gasteiger partial charge in [-0.3, -0.25) is 4.79 Å². The van der Waals surface area contributed by atoms with Crippen LogP contribution in [0.15, 0.2) is 24.3 Å². The lowest BCUT2D eigenvalue weighted by molar-refractivity contribution is -0.139. The van der Waals surface area contributed by atoms with Crippen LogP contribution in [0.1, 0.15) is 37.0 Å². The molecule has 1 atom stereocenters. The fraction of sp³-hybridized carbons (Fsp3) is 0.429. The molecule has 5 nitrogen and oxygen atoms in total. The zero-order valence-electron chi connectivity index (χ0n) is 11.2. The molecule has 19 heavy (non-hydrogen) atoms. The normalized spacial score (nSPS) is 11.7. The minimum atomic E-state index is -1.03. The van der Waals surface area contributed by atoms with Crippen molar-refractivity contribution in [3.63, 3.8) is 0 Å². The van der Waals surface area contributed by atoms with Gasteiger partial charge >= 0.3 is 5.97 Å². The largest absolute Gasteiger partial charge is 0.494 e. The van der Waals surface area contributed by atoms with Gasteiger partial charge < -0.3 is 15.2 Å². The number of amides is 1. The minimum Gasteiger partial charge on any atom is -0.494 e. The van der Waals surface area contributed by atoms with Crippen molar-refractivity contribution < 1.29 is 19.4 Å². The minimum absolute atomic E-state index is 0.340. The van der Waals surface area contributed by atoms with Crippen molar-refractivity contribution in [2.45, 2.75) is 32.7 Å². The van der Waals surface area contributed by atoms with Crippen molar-refractivity contribution in [3.8, 4) is 5.75 Å². The van der Waals surface area contributed by atoms with Crippen LogP contribution < -0.4 is 10.1 Å². The topological polar surface area (TPSA) is 75.6 Å². The summed E-state index contributed by atoms with van der Waals surface area (Å²) in [5.41, 5.74) is 0.397. The van der Waals surface area contributed by atoms with Gasteiger partial charge in [0.05, 0.1) is 6.61 Å². The molecule has 0 saturated heterocycles. The van der Waals surface area contributed by atoms with Gasteiger partial charge in [-0.15, -0.1) is 0 Å². The lowest BCUT2D eigenvalue weighted by atomic mass is 10.1. The van der Waals surface area contributed by atoms with E-state index in [9.17, 15) is 9.59 Å². The maximum atomic E-state index is 11.9. The van der Waals surface area contributed by atoms with Gasteiger partial charge in [-0.1, -0.05) is 19.9 Å². The van der Waals surface area contributed by atoms with Crippen molar-refractivity contribution in [1.82, 2.24) is 5.32 Å². The van der Waals surface area contributed by atoms with E-state index in [0.29, 0.717) is 24.3 Å². The van der Waals surface area contributed by atoms with Crippen LogP contribution in [-0.4, -0.2) is 29.6 Å². The van der Waals surface area contributed by atoms with Crippen molar-refractivity contribution in [3.05, 3.63) is 29.8 Å². The third-order valence-corrected chi connectivity index (χ3v) is 2.58. The van der Waals surface area contributed by atoms with Gasteiger partial charge in [-0.25, -0.2) is 4.79 Å². The van der Waals surface area contributed by atoms with Gasteiger partial charge in [0, 0.05) is 5.56 Å². The molecule has 0 aromatic heterocycles. The molecular weight excluding hydrogens is 246 g/mol. The van der Waals surface area contributed by atoms with Gasteiger partial charge in [0.2, 0.25) is 0 Å². The number of carboxylic acid groups (broad SMARTS) is 1. The molecule has 0 radical (unpaired) electrons. The molecule has 1 rings (SSSR count).